The Morgan fingerprint density at radius 3 is 2.05 bits per heavy atom. The molecule has 0 bridgehead atoms. The summed E-state index contributed by atoms with van der Waals surface area (Å²) in [6, 6.07) is 3.21. The molecule has 0 saturated heterocycles. The molecule has 0 radical (unpaired) electrons. The van der Waals surface area contributed by atoms with Crippen LogP contribution in [0.4, 0.5) is 0 Å². The van der Waals surface area contributed by atoms with Crippen molar-refractivity contribution >= 4 is 11.9 Å². The van der Waals surface area contributed by atoms with Crippen molar-refractivity contribution in [1.82, 2.24) is 5.32 Å². The highest BCUT2D eigenvalue weighted by molar-refractivity contribution is 6.31. The molecular weight excluding hydrogens is 254 g/mol. The van der Waals surface area contributed by atoms with E-state index in [9.17, 15) is 9.59 Å². The molecule has 0 fully saturated rings. The van der Waals surface area contributed by atoms with Crippen LogP contribution >= 0.6 is 0 Å². The number of carbonyl (C=O) groups excluding carboxylic acids is 1. The lowest BCUT2D eigenvalue weighted by Crippen LogP contribution is -2.30. The van der Waals surface area contributed by atoms with E-state index >= 15 is 0 Å². The summed E-state index contributed by atoms with van der Waals surface area (Å²) >= 11 is 0. The minimum absolute atomic E-state index is 0.00859. The van der Waals surface area contributed by atoms with Gasteiger partial charge < -0.3 is 24.6 Å². The Labute approximate surface area is 110 Å². The van der Waals surface area contributed by atoms with E-state index in [1.807, 2.05) is 0 Å². The molecule has 7 nitrogen and oxygen atoms in total. The molecule has 0 aliphatic heterocycles. The zero-order chi connectivity index (χ0) is 14.4. The van der Waals surface area contributed by atoms with Crippen molar-refractivity contribution in [2.75, 3.05) is 21.3 Å². The number of carboxylic acid groups (broad SMARTS) is 1. The third-order valence-corrected chi connectivity index (χ3v) is 2.42. The summed E-state index contributed by atoms with van der Waals surface area (Å²) in [7, 11) is 4.43. The van der Waals surface area contributed by atoms with Crippen LogP contribution in [-0.2, 0) is 16.1 Å². The molecule has 7 heteroatoms. The number of aliphatic carboxylic acids is 1. The Bertz CT molecular complexity index is 485. The van der Waals surface area contributed by atoms with E-state index < -0.39 is 11.9 Å². The van der Waals surface area contributed by atoms with E-state index in [0.717, 1.165) is 0 Å². The van der Waals surface area contributed by atoms with Crippen LogP contribution in [0.2, 0.25) is 0 Å². The number of hydrogen-bond donors (Lipinski definition) is 2. The molecule has 1 rings (SSSR count). The number of carboxylic acids is 1. The van der Waals surface area contributed by atoms with E-state index in [-0.39, 0.29) is 6.54 Å². The number of benzene rings is 1. The fourth-order valence-electron chi connectivity index (χ4n) is 1.48. The lowest BCUT2D eigenvalue weighted by Gasteiger charge is -2.14. The van der Waals surface area contributed by atoms with Gasteiger partial charge in [0.2, 0.25) is 0 Å². The Kier molecular flexibility index (Phi) is 4.99. The van der Waals surface area contributed by atoms with Gasteiger partial charge in [-0.05, 0) is 6.07 Å². The van der Waals surface area contributed by atoms with Crippen LogP contribution in [0.1, 0.15) is 5.56 Å². The number of amides is 1. The van der Waals surface area contributed by atoms with Crippen LogP contribution in [0.15, 0.2) is 12.1 Å². The highest BCUT2D eigenvalue weighted by atomic mass is 16.5. The molecule has 0 unspecified atom stereocenters. The molecule has 1 amide bonds. The van der Waals surface area contributed by atoms with Crippen LogP contribution in [0.3, 0.4) is 0 Å². The number of hydrogen-bond acceptors (Lipinski definition) is 5. The molecule has 0 saturated carbocycles. The summed E-state index contributed by atoms with van der Waals surface area (Å²) in [4.78, 5) is 21.4. The highest BCUT2D eigenvalue weighted by Crippen LogP contribution is 2.34. The van der Waals surface area contributed by atoms with Crippen LogP contribution in [0.5, 0.6) is 17.2 Å². The largest absolute Gasteiger partial charge is 0.496 e. The number of nitrogens with one attached hydrogen (secondary N) is 1. The molecule has 104 valence electrons. The maximum absolute atomic E-state index is 11.0. The molecule has 0 atom stereocenters. The number of carbonyl (C=O) groups is 2. The Morgan fingerprint density at radius 2 is 1.58 bits per heavy atom. The van der Waals surface area contributed by atoms with Crippen molar-refractivity contribution in [1.29, 1.82) is 0 Å². The van der Waals surface area contributed by atoms with Crippen molar-refractivity contribution < 1.29 is 28.9 Å². The van der Waals surface area contributed by atoms with Crippen molar-refractivity contribution in [3.05, 3.63) is 17.7 Å². The van der Waals surface area contributed by atoms with E-state index in [1.165, 1.54) is 21.3 Å². The standard InChI is InChI=1S/C12H15NO6/c1-17-8-5-10(19-3)9(18-2)4-7(8)6-13-11(14)12(15)16/h4-5H,6H2,1-3H3,(H,13,14)(H,15,16). The second-order valence-electron chi connectivity index (χ2n) is 3.51. The highest BCUT2D eigenvalue weighted by Gasteiger charge is 2.15. The molecule has 1 aromatic carbocycles. The molecule has 0 spiro atoms. The fraction of sp³-hybridized carbons (Fsp3) is 0.333. The zero-order valence-corrected chi connectivity index (χ0v) is 10.9. The number of rotatable bonds is 5. The van der Waals surface area contributed by atoms with Crippen LogP contribution in [0, 0.1) is 0 Å². The minimum Gasteiger partial charge on any atom is -0.496 e. The quantitative estimate of drug-likeness (QED) is 0.752. The van der Waals surface area contributed by atoms with Gasteiger partial charge in [0, 0.05) is 18.2 Å². The zero-order valence-electron chi connectivity index (χ0n) is 10.9. The van der Waals surface area contributed by atoms with Crippen molar-refractivity contribution in [3.63, 3.8) is 0 Å². The Hall–Kier alpha value is -2.44. The van der Waals surface area contributed by atoms with Gasteiger partial charge in [0.1, 0.15) is 5.75 Å². The summed E-state index contributed by atoms with van der Waals surface area (Å²) < 4.78 is 15.4. The Morgan fingerprint density at radius 1 is 1.05 bits per heavy atom. The molecule has 0 aliphatic rings. The molecule has 0 aromatic heterocycles. The third kappa shape index (κ3) is 3.51. The molecule has 0 aliphatic carbocycles. The minimum atomic E-state index is -1.54. The smallest absolute Gasteiger partial charge is 0.394 e. The maximum atomic E-state index is 11.0. The molecule has 0 heterocycles. The molecule has 1 aromatic rings. The van der Waals surface area contributed by atoms with Crippen LogP contribution in [0.25, 0.3) is 0 Å². The summed E-state index contributed by atoms with van der Waals surface area (Å²) in [6.07, 6.45) is 0. The summed E-state index contributed by atoms with van der Waals surface area (Å²) in [5, 5.41) is 10.7. The second-order valence-corrected chi connectivity index (χ2v) is 3.51. The Balaban J connectivity index is 2.98. The normalized spacial score (nSPS) is 9.63. The predicted molar refractivity (Wildman–Crippen MR) is 65.6 cm³/mol. The fourth-order valence-corrected chi connectivity index (χ4v) is 1.48. The van der Waals surface area contributed by atoms with Gasteiger partial charge in [-0.1, -0.05) is 0 Å². The van der Waals surface area contributed by atoms with Gasteiger partial charge in [0.25, 0.3) is 0 Å². The summed E-state index contributed by atoms with van der Waals surface area (Å²) in [6.45, 7) is 0.00859. The van der Waals surface area contributed by atoms with Gasteiger partial charge in [0.05, 0.1) is 21.3 Å². The van der Waals surface area contributed by atoms with E-state index in [2.05, 4.69) is 5.32 Å². The first-order valence-corrected chi connectivity index (χ1v) is 5.33. The lowest BCUT2D eigenvalue weighted by molar-refractivity contribution is -0.150. The van der Waals surface area contributed by atoms with Gasteiger partial charge in [0.15, 0.2) is 11.5 Å². The van der Waals surface area contributed by atoms with Gasteiger partial charge in [-0.25, -0.2) is 4.79 Å². The van der Waals surface area contributed by atoms with Crippen molar-refractivity contribution in [3.8, 4) is 17.2 Å². The summed E-state index contributed by atoms with van der Waals surface area (Å²) in [5.41, 5.74) is 0.578. The summed E-state index contributed by atoms with van der Waals surface area (Å²) in [5.74, 6) is -1.23. The first kappa shape index (κ1) is 14.6. The van der Waals surface area contributed by atoms with Gasteiger partial charge in [-0.3, -0.25) is 4.79 Å². The lowest BCUT2D eigenvalue weighted by atomic mass is 10.1. The molecular formula is C12H15NO6. The SMILES string of the molecule is COc1cc(OC)c(OC)cc1CNC(=O)C(=O)O. The average Bonchev–Trinajstić information content (AvgIpc) is 2.43. The van der Waals surface area contributed by atoms with Crippen LogP contribution in [-0.4, -0.2) is 38.3 Å². The first-order chi connectivity index (χ1) is 9.03. The molecule has 2 N–H and O–H groups in total. The third-order valence-electron chi connectivity index (χ3n) is 2.42. The number of methoxy groups -OCH3 is 3. The number of ether oxygens (including phenoxy) is 3. The van der Waals surface area contributed by atoms with E-state index in [4.69, 9.17) is 19.3 Å². The first-order valence-electron chi connectivity index (χ1n) is 5.33. The van der Waals surface area contributed by atoms with E-state index in [1.54, 1.807) is 12.1 Å². The van der Waals surface area contributed by atoms with Gasteiger partial charge in [-0.2, -0.15) is 0 Å². The topological polar surface area (TPSA) is 94.1 Å². The van der Waals surface area contributed by atoms with Gasteiger partial charge in [-0.15, -0.1) is 0 Å². The monoisotopic (exact) mass is 269 g/mol. The van der Waals surface area contributed by atoms with Crippen molar-refractivity contribution in [2.24, 2.45) is 0 Å². The molecule has 19 heavy (non-hydrogen) atoms. The maximum Gasteiger partial charge on any atom is 0.394 e. The average molecular weight is 269 g/mol. The van der Waals surface area contributed by atoms with Gasteiger partial charge >= 0.3 is 11.9 Å². The second kappa shape index (κ2) is 6.48. The van der Waals surface area contributed by atoms with Crippen LogP contribution < -0.4 is 19.5 Å². The van der Waals surface area contributed by atoms with Crippen molar-refractivity contribution in [2.45, 2.75) is 6.54 Å². The van der Waals surface area contributed by atoms with E-state index in [0.29, 0.717) is 22.8 Å². The predicted octanol–water partition coefficient (Wildman–Crippen LogP) is 0.413.